The van der Waals surface area contributed by atoms with Crippen molar-refractivity contribution >= 4 is 17.6 Å². The lowest BCUT2D eigenvalue weighted by Crippen LogP contribution is -2.45. The Hall–Kier alpha value is -2.18. The van der Waals surface area contributed by atoms with Gasteiger partial charge < -0.3 is 15.1 Å². The standard InChI is InChI=1S/C15H19F2N3O2/c1-19(2)15(22)20-7-5-10(6-8-20)14(21)18-13-4-3-11(16)9-12(13)17/h3-4,9-10H,5-8H2,1-2H3,(H,18,21). The minimum atomic E-state index is -0.798. The summed E-state index contributed by atoms with van der Waals surface area (Å²) in [6.07, 6.45) is 1.04. The summed E-state index contributed by atoms with van der Waals surface area (Å²) in [5, 5.41) is 2.48. The number of carbonyl (C=O) groups excluding carboxylic acids is 2. The summed E-state index contributed by atoms with van der Waals surface area (Å²) in [5.74, 6) is -2.07. The first kappa shape index (κ1) is 16.2. The summed E-state index contributed by atoms with van der Waals surface area (Å²) in [5.41, 5.74) is -0.0294. The van der Waals surface area contributed by atoms with E-state index in [2.05, 4.69) is 5.32 Å². The van der Waals surface area contributed by atoms with Crippen molar-refractivity contribution in [2.75, 3.05) is 32.5 Å². The molecule has 1 N–H and O–H groups in total. The van der Waals surface area contributed by atoms with Crippen LogP contribution in [0.5, 0.6) is 0 Å². The number of hydrogen-bond acceptors (Lipinski definition) is 2. The molecule has 0 atom stereocenters. The molecule has 1 aromatic rings. The van der Waals surface area contributed by atoms with Crippen LogP contribution in [0.25, 0.3) is 0 Å². The number of amides is 3. The highest BCUT2D eigenvalue weighted by Gasteiger charge is 2.28. The molecule has 1 heterocycles. The van der Waals surface area contributed by atoms with Crippen molar-refractivity contribution in [3.63, 3.8) is 0 Å². The van der Waals surface area contributed by atoms with Gasteiger partial charge in [0, 0.05) is 39.2 Å². The highest BCUT2D eigenvalue weighted by Crippen LogP contribution is 2.21. The van der Waals surface area contributed by atoms with Gasteiger partial charge in [0.25, 0.3) is 0 Å². The minimum Gasteiger partial charge on any atom is -0.331 e. The van der Waals surface area contributed by atoms with Gasteiger partial charge in [0.05, 0.1) is 5.69 Å². The molecule has 1 fully saturated rings. The van der Waals surface area contributed by atoms with Gasteiger partial charge in [-0.1, -0.05) is 0 Å². The SMILES string of the molecule is CN(C)C(=O)N1CCC(C(=O)Nc2ccc(F)cc2F)CC1. The van der Waals surface area contributed by atoms with Crippen molar-refractivity contribution in [1.82, 2.24) is 9.80 Å². The van der Waals surface area contributed by atoms with Crippen LogP contribution in [-0.2, 0) is 4.79 Å². The molecule has 0 radical (unpaired) electrons. The third kappa shape index (κ3) is 3.72. The maximum absolute atomic E-state index is 13.5. The van der Waals surface area contributed by atoms with Gasteiger partial charge in [-0.25, -0.2) is 13.6 Å². The van der Waals surface area contributed by atoms with E-state index in [1.165, 1.54) is 11.0 Å². The van der Waals surface area contributed by atoms with E-state index in [-0.39, 0.29) is 23.5 Å². The lowest BCUT2D eigenvalue weighted by Gasteiger charge is -2.33. The summed E-state index contributed by atoms with van der Waals surface area (Å²) in [6.45, 7) is 0.974. The van der Waals surface area contributed by atoms with E-state index in [1.54, 1.807) is 19.0 Å². The van der Waals surface area contributed by atoms with Gasteiger partial charge in [-0.2, -0.15) is 0 Å². The third-order valence-corrected chi connectivity index (χ3v) is 3.71. The number of nitrogens with one attached hydrogen (secondary N) is 1. The molecule has 0 unspecified atom stereocenters. The van der Waals surface area contributed by atoms with Gasteiger partial charge in [0.15, 0.2) is 0 Å². The van der Waals surface area contributed by atoms with E-state index in [9.17, 15) is 18.4 Å². The van der Waals surface area contributed by atoms with Crippen LogP contribution in [0.2, 0.25) is 0 Å². The fourth-order valence-corrected chi connectivity index (χ4v) is 2.44. The van der Waals surface area contributed by atoms with Crippen molar-refractivity contribution in [3.05, 3.63) is 29.8 Å². The molecule has 2 rings (SSSR count). The first-order valence-corrected chi connectivity index (χ1v) is 7.10. The number of piperidine rings is 1. The molecule has 0 spiro atoms. The Kier molecular flexibility index (Phi) is 4.95. The maximum atomic E-state index is 13.5. The zero-order chi connectivity index (χ0) is 16.3. The fraction of sp³-hybridized carbons (Fsp3) is 0.467. The summed E-state index contributed by atoms with van der Waals surface area (Å²) >= 11 is 0. The zero-order valence-electron chi connectivity index (χ0n) is 12.6. The van der Waals surface area contributed by atoms with Gasteiger partial charge in [0.2, 0.25) is 5.91 Å². The first-order valence-electron chi connectivity index (χ1n) is 7.10. The van der Waals surface area contributed by atoms with E-state index in [1.807, 2.05) is 0 Å². The van der Waals surface area contributed by atoms with Crippen LogP contribution >= 0.6 is 0 Å². The van der Waals surface area contributed by atoms with Crippen LogP contribution in [0.15, 0.2) is 18.2 Å². The number of urea groups is 1. The van der Waals surface area contributed by atoms with Crippen molar-refractivity contribution in [2.45, 2.75) is 12.8 Å². The highest BCUT2D eigenvalue weighted by atomic mass is 19.1. The first-order chi connectivity index (χ1) is 10.4. The Morgan fingerprint density at radius 2 is 1.86 bits per heavy atom. The molecule has 0 aliphatic carbocycles. The van der Waals surface area contributed by atoms with Gasteiger partial charge in [0.1, 0.15) is 11.6 Å². The average molecular weight is 311 g/mol. The Morgan fingerprint density at radius 1 is 1.23 bits per heavy atom. The number of hydrogen-bond donors (Lipinski definition) is 1. The van der Waals surface area contributed by atoms with Crippen molar-refractivity contribution in [2.24, 2.45) is 5.92 Å². The van der Waals surface area contributed by atoms with Crippen LogP contribution in [0.3, 0.4) is 0 Å². The lowest BCUT2D eigenvalue weighted by atomic mass is 9.96. The van der Waals surface area contributed by atoms with Gasteiger partial charge in [-0.3, -0.25) is 4.79 Å². The number of benzene rings is 1. The number of carbonyl (C=O) groups is 2. The van der Waals surface area contributed by atoms with E-state index in [0.717, 1.165) is 12.1 Å². The topological polar surface area (TPSA) is 52.7 Å². The second-order valence-electron chi connectivity index (χ2n) is 5.55. The number of rotatable bonds is 2. The quantitative estimate of drug-likeness (QED) is 0.911. The summed E-state index contributed by atoms with van der Waals surface area (Å²) < 4.78 is 26.4. The molecule has 5 nitrogen and oxygen atoms in total. The molecule has 1 aliphatic rings. The number of nitrogens with zero attached hydrogens (tertiary/aromatic N) is 2. The summed E-state index contributed by atoms with van der Waals surface area (Å²) in [6, 6.07) is 2.95. The summed E-state index contributed by atoms with van der Waals surface area (Å²) in [4.78, 5) is 27.1. The molecule has 0 saturated carbocycles. The van der Waals surface area contributed by atoms with Crippen LogP contribution in [0.4, 0.5) is 19.3 Å². The number of anilines is 1. The van der Waals surface area contributed by atoms with Crippen molar-refractivity contribution in [1.29, 1.82) is 0 Å². The molecule has 120 valence electrons. The Morgan fingerprint density at radius 3 is 2.41 bits per heavy atom. The molecule has 0 aromatic heterocycles. The van der Waals surface area contributed by atoms with Crippen LogP contribution in [0, 0.1) is 17.6 Å². The molecular formula is C15H19F2N3O2. The van der Waals surface area contributed by atoms with Crippen LogP contribution in [-0.4, -0.2) is 48.9 Å². The molecule has 1 aromatic carbocycles. The van der Waals surface area contributed by atoms with Gasteiger partial charge in [-0.15, -0.1) is 0 Å². The molecule has 22 heavy (non-hydrogen) atoms. The second kappa shape index (κ2) is 6.72. The largest absolute Gasteiger partial charge is 0.331 e. The normalized spacial score (nSPS) is 15.5. The molecule has 1 saturated heterocycles. The van der Waals surface area contributed by atoms with Crippen molar-refractivity contribution < 1.29 is 18.4 Å². The fourth-order valence-electron chi connectivity index (χ4n) is 2.44. The van der Waals surface area contributed by atoms with Gasteiger partial charge in [-0.05, 0) is 25.0 Å². The average Bonchev–Trinajstić information content (AvgIpc) is 2.49. The van der Waals surface area contributed by atoms with E-state index in [0.29, 0.717) is 25.9 Å². The van der Waals surface area contributed by atoms with Crippen LogP contribution < -0.4 is 5.32 Å². The predicted molar refractivity (Wildman–Crippen MR) is 78.4 cm³/mol. The lowest BCUT2D eigenvalue weighted by molar-refractivity contribution is -0.121. The monoisotopic (exact) mass is 311 g/mol. The number of halogens is 2. The van der Waals surface area contributed by atoms with Crippen molar-refractivity contribution in [3.8, 4) is 0 Å². The number of likely N-dealkylation sites (tertiary alicyclic amines) is 1. The van der Waals surface area contributed by atoms with Gasteiger partial charge >= 0.3 is 6.03 Å². The second-order valence-corrected chi connectivity index (χ2v) is 5.55. The molecule has 1 aliphatic heterocycles. The minimum absolute atomic E-state index is 0.0294. The molecule has 3 amide bonds. The Bertz CT molecular complexity index is 570. The smallest absolute Gasteiger partial charge is 0.319 e. The Balaban J connectivity index is 1.91. The molecule has 0 bridgehead atoms. The predicted octanol–water partition coefficient (Wildman–Crippen LogP) is 2.30. The van der Waals surface area contributed by atoms with Crippen LogP contribution in [0.1, 0.15) is 12.8 Å². The zero-order valence-corrected chi connectivity index (χ0v) is 12.6. The molecule has 7 heteroatoms. The van der Waals surface area contributed by atoms with E-state index < -0.39 is 11.6 Å². The van der Waals surface area contributed by atoms with E-state index in [4.69, 9.17) is 0 Å². The maximum Gasteiger partial charge on any atom is 0.319 e. The van der Waals surface area contributed by atoms with E-state index >= 15 is 0 Å². The third-order valence-electron chi connectivity index (χ3n) is 3.71. The summed E-state index contributed by atoms with van der Waals surface area (Å²) in [7, 11) is 3.36. The molecular weight excluding hydrogens is 292 g/mol. The highest BCUT2D eigenvalue weighted by molar-refractivity contribution is 5.92. The Labute approximate surface area is 127 Å².